The van der Waals surface area contributed by atoms with E-state index >= 15 is 0 Å². The zero-order valence-corrected chi connectivity index (χ0v) is 20.7. The number of halogens is 3. The smallest absolute Gasteiger partial charge is 0.416 e. The van der Waals surface area contributed by atoms with Crippen LogP contribution in [0.25, 0.3) is 0 Å². The molecule has 0 radical (unpaired) electrons. The van der Waals surface area contributed by atoms with Gasteiger partial charge in [-0.05, 0) is 55.7 Å². The van der Waals surface area contributed by atoms with Gasteiger partial charge in [0, 0.05) is 6.04 Å². The number of nitrogens with zero attached hydrogens (tertiary/aromatic N) is 1. The maximum absolute atomic E-state index is 13.7. The summed E-state index contributed by atoms with van der Waals surface area (Å²) in [6.07, 6.45) is 2.12. The van der Waals surface area contributed by atoms with Crippen LogP contribution in [0.3, 0.4) is 0 Å². The predicted molar refractivity (Wildman–Crippen MR) is 128 cm³/mol. The number of carbonyl (C=O) groups excluding carboxylic acids is 1. The predicted octanol–water partition coefficient (Wildman–Crippen LogP) is 5.45. The molecule has 0 aliphatic heterocycles. The molecule has 1 aliphatic carbocycles. The highest BCUT2D eigenvalue weighted by atomic mass is 32.2. The lowest BCUT2D eigenvalue weighted by atomic mass is 9.97. The number of benzene rings is 2. The molecule has 1 fully saturated rings. The summed E-state index contributed by atoms with van der Waals surface area (Å²) in [5.41, 5.74) is -0.643. The number of nitrogens with one attached hydrogen (secondary N) is 1. The highest BCUT2D eigenvalue weighted by Crippen LogP contribution is 2.35. The minimum Gasteiger partial charge on any atom is -0.495 e. The Kier molecular flexibility index (Phi) is 8.69. The van der Waals surface area contributed by atoms with E-state index in [1.165, 1.54) is 25.3 Å². The fourth-order valence-corrected chi connectivity index (χ4v) is 5.92. The Morgan fingerprint density at radius 2 is 1.71 bits per heavy atom. The summed E-state index contributed by atoms with van der Waals surface area (Å²) in [6, 6.07) is 8.39. The number of anilines is 1. The van der Waals surface area contributed by atoms with Gasteiger partial charge in [0.1, 0.15) is 17.2 Å². The number of carbonyl (C=O) groups is 1. The van der Waals surface area contributed by atoms with E-state index in [9.17, 15) is 26.4 Å². The maximum Gasteiger partial charge on any atom is 0.416 e. The van der Waals surface area contributed by atoms with Crippen LogP contribution in [0, 0.1) is 6.92 Å². The van der Waals surface area contributed by atoms with E-state index in [1.807, 2.05) is 0 Å². The molecule has 0 atom stereocenters. The van der Waals surface area contributed by atoms with Crippen LogP contribution in [0.15, 0.2) is 47.4 Å². The van der Waals surface area contributed by atoms with Crippen molar-refractivity contribution in [2.24, 2.45) is 0 Å². The van der Waals surface area contributed by atoms with E-state index in [2.05, 4.69) is 5.32 Å². The summed E-state index contributed by atoms with van der Waals surface area (Å²) in [4.78, 5) is 12.8. The first-order valence-corrected chi connectivity index (χ1v) is 13.1. The summed E-state index contributed by atoms with van der Waals surface area (Å²) < 4.78 is 73.6. The molecule has 1 saturated carbocycles. The molecule has 0 heterocycles. The lowest BCUT2D eigenvalue weighted by Crippen LogP contribution is -2.44. The second-order valence-corrected chi connectivity index (χ2v) is 10.7. The summed E-state index contributed by atoms with van der Waals surface area (Å²) in [5.74, 6) is -0.531. The van der Waals surface area contributed by atoms with Crippen molar-refractivity contribution in [2.75, 3.05) is 18.0 Å². The lowest BCUT2D eigenvalue weighted by molar-refractivity contribution is -0.137. The zero-order chi connectivity index (χ0) is 25.6. The maximum atomic E-state index is 13.7. The third-order valence-corrected chi connectivity index (χ3v) is 7.90. The second kappa shape index (κ2) is 11.3. The first-order chi connectivity index (χ1) is 16.5. The Morgan fingerprint density at radius 3 is 2.34 bits per heavy atom. The fraction of sp³-hybridized carbons (Fsp3) is 0.480. The number of hydrogen-bond acceptors (Lipinski definition) is 4. The highest BCUT2D eigenvalue weighted by Gasteiger charge is 2.34. The standard InChI is InChI=1S/C25H31F3N2O4S/c1-18-13-14-22(34-2)23(15-18)35(32,33)30(21-12-8-9-19(16-21)25(26,27)28)17-24(31)29-20-10-6-4-3-5-7-11-20/h8-9,12-16,20H,3-7,10-11,17H2,1-2H3,(H,29,31). The van der Waals surface area contributed by atoms with Gasteiger partial charge in [-0.15, -0.1) is 0 Å². The lowest BCUT2D eigenvalue weighted by Gasteiger charge is -2.27. The molecule has 2 aromatic rings. The molecule has 6 nitrogen and oxygen atoms in total. The third kappa shape index (κ3) is 6.90. The Labute approximate surface area is 204 Å². The molecule has 192 valence electrons. The number of amides is 1. The molecule has 0 spiro atoms. The number of ether oxygens (including phenoxy) is 1. The van der Waals surface area contributed by atoms with Gasteiger partial charge in [0.2, 0.25) is 5.91 Å². The van der Waals surface area contributed by atoms with Gasteiger partial charge in [0.25, 0.3) is 10.0 Å². The molecule has 1 amide bonds. The van der Waals surface area contributed by atoms with Crippen LogP contribution in [-0.2, 0) is 21.0 Å². The molecular formula is C25H31F3N2O4S. The summed E-state index contributed by atoms with van der Waals surface area (Å²) in [5, 5.41) is 2.90. The topological polar surface area (TPSA) is 75.7 Å². The molecule has 0 saturated heterocycles. The number of aryl methyl sites for hydroxylation is 1. The summed E-state index contributed by atoms with van der Waals surface area (Å²) >= 11 is 0. The second-order valence-electron chi connectivity index (χ2n) is 8.82. The Hall–Kier alpha value is -2.75. The molecule has 35 heavy (non-hydrogen) atoms. The van der Waals surface area contributed by atoms with Crippen LogP contribution in [0.4, 0.5) is 18.9 Å². The Morgan fingerprint density at radius 1 is 1.06 bits per heavy atom. The van der Waals surface area contributed by atoms with E-state index in [4.69, 9.17) is 4.74 Å². The average Bonchev–Trinajstić information content (AvgIpc) is 2.78. The Bertz CT molecular complexity index is 1130. The molecule has 1 N–H and O–H groups in total. The van der Waals surface area contributed by atoms with E-state index < -0.39 is 34.2 Å². The zero-order valence-electron chi connectivity index (χ0n) is 19.9. The molecular weight excluding hydrogens is 481 g/mol. The van der Waals surface area contributed by atoms with Crippen molar-refractivity contribution in [3.05, 3.63) is 53.6 Å². The average molecular weight is 513 g/mol. The van der Waals surface area contributed by atoms with E-state index in [-0.39, 0.29) is 22.4 Å². The van der Waals surface area contributed by atoms with Gasteiger partial charge in [0.15, 0.2) is 0 Å². The van der Waals surface area contributed by atoms with Gasteiger partial charge in [-0.25, -0.2) is 8.42 Å². The van der Waals surface area contributed by atoms with Crippen LogP contribution in [0.1, 0.15) is 56.1 Å². The molecule has 3 rings (SSSR count). The van der Waals surface area contributed by atoms with Gasteiger partial charge in [-0.3, -0.25) is 9.10 Å². The van der Waals surface area contributed by atoms with Crippen molar-refractivity contribution in [3.63, 3.8) is 0 Å². The SMILES string of the molecule is COc1ccc(C)cc1S(=O)(=O)N(CC(=O)NC1CCCCCCC1)c1cccc(C(F)(F)F)c1. The monoisotopic (exact) mass is 512 g/mol. The van der Waals surface area contributed by atoms with Crippen molar-refractivity contribution in [1.82, 2.24) is 5.32 Å². The van der Waals surface area contributed by atoms with Crippen LogP contribution >= 0.6 is 0 Å². The van der Waals surface area contributed by atoms with Gasteiger partial charge in [-0.2, -0.15) is 13.2 Å². The summed E-state index contributed by atoms with van der Waals surface area (Å²) in [6.45, 7) is 1.03. The van der Waals surface area contributed by atoms with Crippen LogP contribution in [-0.4, -0.2) is 34.0 Å². The molecule has 2 aromatic carbocycles. The molecule has 0 unspecified atom stereocenters. The van der Waals surface area contributed by atoms with Gasteiger partial charge >= 0.3 is 6.18 Å². The van der Waals surface area contributed by atoms with Crippen molar-refractivity contribution >= 4 is 21.6 Å². The van der Waals surface area contributed by atoms with Crippen LogP contribution in [0.2, 0.25) is 0 Å². The molecule has 10 heteroatoms. The number of alkyl halides is 3. The van der Waals surface area contributed by atoms with Gasteiger partial charge in [0.05, 0.1) is 18.4 Å². The van der Waals surface area contributed by atoms with E-state index in [0.717, 1.165) is 67.5 Å². The van der Waals surface area contributed by atoms with Crippen molar-refractivity contribution in [2.45, 2.75) is 69.0 Å². The Balaban J connectivity index is 1.99. The van der Waals surface area contributed by atoms with Gasteiger partial charge in [-0.1, -0.05) is 44.2 Å². The number of sulfonamides is 1. The molecule has 1 aliphatic rings. The van der Waals surface area contributed by atoms with Gasteiger partial charge < -0.3 is 10.1 Å². The fourth-order valence-electron chi connectivity index (χ4n) is 4.26. The first-order valence-electron chi connectivity index (χ1n) is 11.7. The third-order valence-electron chi connectivity index (χ3n) is 6.11. The molecule has 0 bridgehead atoms. The normalized spacial score (nSPS) is 15.7. The minimum atomic E-state index is -4.67. The first kappa shape index (κ1) is 26.8. The molecule has 0 aromatic heterocycles. The number of methoxy groups -OCH3 is 1. The van der Waals surface area contributed by atoms with E-state index in [0.29, 0.717) is 5.56 Å². The number of hydrogen-bond donors (Lipinski definition) is 1. The quantitative estimate of drug-likeness (QED) is 0.536. The van der Waals surface area contributed by atoms with E-state index in [1.54, 1.807) is 13.0 Å². The minimum absolute atomic E-state index is 0.0352. The number of rotatable bonds is 7. The highest BCUT2D eigenvalue weighted by molar-refractivity contribution is 7.93. The van der Waals surface area contributed by atoms with Crippen molar-refractivity contribution in [3.8, 4) is 5.75 Å². The van der Waals surface area contributed by atoms with Crippen molar-refractivity contribution in [1.29, 1.82) is 0 Å². The van der Waals surface area contributed by atoms with Crippen LogP contribution < -0.4 is 14.4 Å². The largest absolute Gasteiger partial charge is 0.495 e. The summed E-state index contributed by atoms with van der Waals surface area (Å²) in [7, 11) is -3.15. The van der Waals surface area contributed by atoms with Crippen molar-refractivity contribution < 1.29 is 31.1 Å². The van der Waals surface area contributed by atoms with Crippen LogP contribution in [0.5, 0.6) is 5.75 Å².